The van der Waals surface area contributed by atoms with Crippen LogP contribution in [0.1, 0.15) is 18.4 Å². The predicted molar refractivity (Wildman–Crippen MR) is 79.5 cm³/mol. The Morgan fingerprint density at radius 1 is 1.35 bits per heavy atom. The van der Waals surface area contributed by atoms with Crippen molar-refractivity contribution in [3.63, 3.8) is 0 Å². The third kappa shape index (κ3) is 4.51. The van der Waals surface area contributed by atoms with Crippen molar-refractivity contribution in [1.82, 2.24) is 10.6 Å². The van der Waals surface area contributed by atoms with Gasteiger partial charge in [0.1, 0.15) is 6.04 Å². The van der Waals surface area contributed by atoms with Crippen molar-refractivity contribution in [3.05, 3.63) is 35.9 Å². The van der Waals surface area contributed by atoms with Gasteiger partial charge in [0.2, 0.25) is 11.8 Å². The third-order valence-corrected chi connectivity index (χ3v) is 3.32. The highest BCUT2D eigenvalue weighted by Crippen LogP contribution is 2.07. The van der Waals surface area contributed by atoms with E-state index in [2.05, 4.69) is 10.6 Å². The quantitative estimate of drug-likeness (QED) is 0.734. The first-order chi connectivity index (χ1) is 9.16. The van der Waals surface area contributed by atoms with E-state index in [1.807, 2.05) is 30.3 Å². The van der Waals surface area contributed by atoms with E-state index < -0.39 is 11.9 Å². The normalized spacial score (nSPS) is 18.9. The Balaban J connectivity index is 0.00000200. The van der Waals surface area contributed by atoms with Crippen LogP contribution in [0.2, 0.25) is 0 Å². The van der Waals surface area contributed by atoms with Crippen LogP contribution in [-0.4, -0.2) is 30.4 Å². The summed E-state index contributed by atoms with van der Waals surface area (Å²) in [6.45, 7) is 0.845. The number of carbonyl (C=O) groups is 2. The number of amides is 2. The van der Waals surface area contributed by atoms with Crippen molar-refractivity contribution in [2.75, 3.05) is 6.54 Å². The van der Waals surface area contributed by atoms with Crippen LogP contribution in [0.15, 0.2) is 30.3 Å². The minimum Gasteiger partial charge on any atom is -0.368 e. The average Bonchev–Trinajstić information content (AvgIpc) is 2.93. The van der Waals surface area contributed by atoms with Crippen LogP contribution in [0.3, 0.4) is 0 Å². The molecule has 1 aliphatic heterocycles. The number of hydrogen-bond donors (Lipinski definition) is 3. The Labute approximate surface area is 124 Å². The minimum absolute atomic E-state index is 0. The topological polar surface area (TPSA) is 84.2 Å². The number of benzene rings is 1. The molecule has 0 bridgehead atoms. The van der Waals surface area contributed by atoms with E-state index in [1.165, 1.54) is 0 Å². The van der Waals surface area contributed by atoms with Gasteiger partial charge in [-0.3, -0.25) is 9.59 Å². The molecule has 20 heavy (non-hydrogen) atoms. The molecule has 1 fully saturated rings. The molecule has 1 aromatic carbocycles. The molecular weight excluding hydrogens is 278 g/mol. The predicted octanol–water partition coefficient (Wildman–Crippen LogP) is 0.373. The monoisotopic (exact) mass is 297 g/mol. The molecule has 4 N–H and O–H groups in total. The fourth-order valence-corrected chi connectivity index (χ4v) is 2.25. The zero-order valence-electron chi connectivity index (χ0n) is 11.2. The highest BCUT2D eigenvalue weighted by atomic mass is 35.5. The number of halogens is 1. The van der Waals surface area contributed by atoms with Gasteiger partial charge in [-0.25, -0.2) is 0 Å². The molecule has 0 spiro atoms. The summed E-state index contributed by atoms with van der Waals surface area (Å²) in [5.74, 6) is -0.646. The van der Waals surface area contributed by atoms with Crippen LogP contribution in [0, 0.1) is 0 Å². The van der Waals surface area contributed by atoms with Crippen LogP contribution in [0.25, 0.3) is 0 Å². The Morgan fingerprint density at radius 2 is 2.05 bits per heavy atom. The first kappa shape index (κ1) is 16.5. The summed E-state index contributed by atoms with van der Waals surface area (Å²) in [5, 5.41) is 5.83. The number of carbonyl (C=O) groups excluding carboxylic acids is 2. The average molecular weight is 298 g/mol. The summed E-state index contributed by atoms with van der Waals surface area (Å²) in [5.41, 5.74) is 6.34. The zero-order chi connectivity index (χ0) is 13.7. The van der Waals surface area contributed by atoms with Gasteiger partial charge >= 0.3 is 0 Å². The van der Waals surface area contributed by atoms with Crippen molar-refractivity contribution >= 4 is 24.2 Å². The van der Waals surface area contributed by atoms with Crippen LogP contribution < -0.4 is 16.4 Å². The van der Waals surface area contributed by atoms with Gasteiger partial charge in [0.15, 0.2) is 0 Å². The van der Waals surface area contributed by atoms with Gasteiger partial charge in [-0.2, -0.15) is 0 Å². The smallest absolute Gasteiger partial charge is 0.240 e. The van der Waals surface area contributed by atoms with Crippen molar-refractivity contribution in [1.29, 1.82) is 0 Å². The van der Waals surface area contributed by atoms with E-state index in [4.69, 9.17) is 5.73 Å². The molecule has 5 nitrogen and oxygen atoms in total. The Morgan fingerprint density at radius 3 is 2.60 bits per heavy atom. The van der Waals surface area contributed by atoms with E-state index in [-0.39, 0.29) is 24.4 Å². The van der Waals surface area contributed by atoms with E-state index >= 15 is 0 Å². The molecule has 0 aromatic heterocycles. The summed E-state index contributed by atoms with van der Waals surface area (Å²) < 4.78 is 0. The molecule has 0 aliphatic carbocycles. The lowest BCUT2D eigenvalue weighted by Crippen LogP contribution is -2.51. The molecule has 110 valence electrons. The van der Waals surface area contributed by atoms with Gasteiger partial charge in [0.25, 0.3) is 0 Å². The first-order valence-corrected chi connectivity index (χ1v) is 6.54. The SMILES string of the molecule is Cl.NC(=O)[C@H](Cc1ccccc1)NC(=O)[C@@H]1CCCN1. The van der Waals surface area contributed by atoms with Crippen molar-refractivity contribution in [2.45, 2.75) is 31.3 Å². The molecule has 2 rings (SSSR count). The molecular formula is C14H20ClN3O2. The lowest BCUT2D eigenvalue weighted by atomic mass is 10.0. The molecule has 0 saturated carbocycles. The fourth-order valence-electron chi connectivity index (χ4n) is 2.25. The largest absolute Gasteiger partial charge is 0.368 e. The number of primary amides is 1. The molecule has 2 atom stereocenters. The maximum atomic E-state index is 12.0. The third-order valence-electron chi connectivity index (χ3n) is 3.32. The van der Waals surface area contributed by atoms with Gasteiger partial charge < -0.3 is 16.4 Å². The van der Waals surface area contributed by atoms with E-state index in [1.54, 1.807) is 0 Å². The summed E-state index contributed by atoms with van der Waals surface area (Å²) in [4.78, 5) is 23.4. The first-order valence-electron chi connectivity index (χ1n) is 6.54. The zero-order valence-corrected chi connectivity index (χ0v) is 12.0. The van der Waals surface area contributed by atoms with Crippen molar-refractivity contribution in [2.24, 2.45) is 5.73 Å². The fraction of sp³-hybridized carbons (Fsp3) is 0.429. The van der Waals surface area contributed by atoms with E-state index in [0.29, 0.717) is 6.42 Å². The van der Waals surface area contributed by atoms with Gasteiger partial charge in [-0.05, 0) is 24.9 Å². The molecule has 1 saturated heterocycles. The second kappa shape index (κ2) is 7.87. The molecule has 0 radical (unpaired) electrons. The number of hydrogen-bond acceptors (Lipinski definition) is 3. The van der Waals surface area contributed by atoms with Gasteiger partial charge in [0, 0.05) is 6.42 Å². The summed E-state index contributed by atoms with van der Waals surface area (Å²) in [6.07, 6.45) is 2.22. The van der Waals surface area contributed by atoms with E-state index in [9.17, 15) is 9.59 Å². The van der Waals surface area contributed by atoms with Gasteiger partial charge in [-0.15, -0.1) is 12.4 Å². The molecule has 0 unspecified atom stereocenters. The minimum atomic E-state index is -0.655. The molecule has 6 heteroatoms. The highest BCUT2D eigenvalue weighted by molar-refractivity contribution is 5.89. The highest BCUT2D eigenvalue weighted by Gasteiger charge is 2.26. The Bertz CT molecular complexity index is 447. The van der Waals surface area contributed by atoms with Crippen LogP contribution in [0.5, 0.6) is 0 Å². The maximum absolute atomic E-state index is 12.0. The second-order valence-electron chi connectivity index (χ2n) is 4.80. The van der Waals surface area contributed by atoms with Crippen LogP contribution >= 0.6 is 12.4 Å². The molecule has 2 amide bonds. The van der Waals surface area contributed by atoms with Crippen molar-refractivity contribution < 1.29 is 9.59 Å². The number of nitrogens with two attached hydrogens (primary N) is 1. The maximum Gasteiger partial charge on any atom is 0.240 e. The standard InChI is InChI=1S/C14H19N3O2.ClH/c15-13(18)12(9-10-5-2-1-3-6-10)17-14(19)11-7-4-8-16-11;/h1-3,5-6,11-12,16H,4,7-9H2,(H2,15,18)(H,17,19);1H/t11-,12-;/m0./s1. The molecule has 1 aliphatic rings. The summed E-state index contributed by atoms with van der Waals surface area (Å²) in [7, 11) is 0. The second-order valence-corrected chi connectivity index (χ2v) is 4.80. The van der Waals surface area contributed by atoms with Crippen molar-refractivity contribution in [3.8, 4) is 0 Å². The van der Waals surface area contributed by atoms with Gasteiger partial charge in [0.05, 0.1) is 6.04 Å². The molecule has 1 aromatic rings. The lowest BCUT2D eigenvalue weighted by molar-refractivity contribution is -0.128. The van der Waals surface area contributed by atoms with Gasteiger partial charge in [-0.1, -0.05) is 30.3 Å². The molecule has 1 heterocycles. The lowest BCUT2D eigenvalue weighted by Gasteiger charge is -2.18. The summed E-state index contributed by atoms with van der Waals surface area (Å²) >= 11 is 0. The Hall–Kier alpha value is -1.59. The van der Waals surface area contributed by atoms with Crippen LogP contribution in [0.4, 0.5) is 0 Å². The number of rotatable bonds is 5. The van der Waals surface area contributed by atoms with E-state index in [0.717, 1.165) is 24.9 Å². The summed E-state index contributed by atoms with van der Waals surface area (Å²) in [6, 6.07) is 8.67. The Kier molecular flexibility index (Phi) is 6.48. The van der Waals surface area contributed by atoms with Crippen LogP contribution in [-0.2, 0) is 16.0 Å². The number of nitrogens with one attached hydrogen (secondary N) is 2.